The summed E-state index contributed by atoms with van der Waals surface area (Å²) in [6, 6.07) is 12.1. The smallest absolute Gasteiger partial charge is 0.194 e. The number of fused-ring (bicyclic) bond motifs is 1. The van der Waals surface area contributed by atoms with Crippen molar-refractivity contribution in [2.24, 2.45) is 4.99 Å². The molecule has 5 nitrogen and oxygen atoms in total. The van der Waals surface area contributed by atoms with Crippen LogP contribution < -0.4 is 5.32 Å². The summed E-state index contributed by atoms with van der Waals surface area (Å²) in [6.07, 6.45) is 1.87. The zero-order valence-electron chi connectivity index (χ0n) is 13.8. The fraction of sp³-hybridized carbons (Fsp3) is 0.389. The molecule has 3 rings (SSSR count). The zero-order valence-corrected chi connectivity index (χ0v) is 16.1. The quantitative estimate of drug-likeness (QED) is 0.435. The van der Waals surface area contributed by atoms with Gasteiger partial charge in [0.15, 0.2) is 5.96 Å². The van der Waals surface area contributed by atoms with E-state index in [1.165, 1.54) is 11.1 Å². The van der Waals surface area contributed by atoms with E-state index >= 15 is 0 Å². The minimum absolute atomic E-state index is 0. The number of hydrogen-bond donors (Lipinski definition) is 2. The average Bonchev–Trinajstić information content (AvgIpc) is 3.12. The van der Waals surface area contributed by atoms with Crippen LogP contribution in [0.25, 0.3) is 0 Å². The number of halogens is 1. The van der Waals surface area contributed by atoms with Crippen LogP contribution in [0, 0.1) is 0 Å². The molecule has 0 amide bonds. The first kappa shape index (κ1) is 18.8. The Morgan fingerprint density at radius 2 is 2.08 bits per heavy atom. The molecular weight excluding hydrogens is 417 g/mol. The highest BCUT2D eigenvalue weighted by molar-refractivity contribution is 14.0. The molecule has 1 aliphatic rings. The maximum Gasteiger partial charge on any atom is 0.194 e. The van der Waals surface area contributed by atoms with Gasteiger partial charge in [0.25, 0.3) is 0 Å². The molecule has 0 aliphatic carbocycles. The van der Waals surface area contributed by atoms with Crippen molar-refractivity contribution in [1.29, 1.82) is 0 Å². The van der Waals surface area contributed by atoms with Crippen molar-refractivity contribution in [3.05, 3.63) is 59.5 Å². The van der Waals surface area contributed by atoms with Gasteiger partial charge in [-0.1, -0.05) is 24.3 Å². The Kier molecular flexibility index (Phi) is 7.11. The molecule has 2 heterocycles. The summed E-state index contributed by atoms with van der Waals surface area (Å²) in [5, 5.41) is 13.5. The van der Waals surface area contributed by atoms with E-state index in [4.69, 9.17) is 4.42 Å². The van der Waals surface area contributed by atoms with Crippen molar-refractivity contribution in [3.8, 4) is 0 Å². The number of nitrogens with one attached hydrogen (secondary N) is 1. The van der Waals surface area contributed by atoms with Gasteiger partial charge in [-0.25, -0.2) is 4.99 Å². The molecule has 0 fully saturated rings. The van der Waals surface area contributed by atoms with Crippen LogP contribution in [-0.2, 0) is 13.0 Å². The van der Waals surface area contributed by atoms with Crippen LogP contribution >= 0.6 is 24.0 Å². The first-order chi connectivity index (χ1) is 11.3. The second-order valence-electron chi connectivity index (χ2n) is 5.67. The number of nitrogens with zero attached hydrogens (tertiary/aromatic N) is 2. The molecule has 0 radical (unpaired) electrons. The average molecular weight is 441 g/mol. The number of hydrogen-bond acceptors (Lipinski definition) is 3. The van der Waals surface area contributed by atoms with Crippen LogP contribution in [0.5, 0.6) is 0 Å². The standard InChI is InChI=1S/C18H23N3O2.HI/c1-2-19-18(20-12-16(22)17-8-5-11-23-17)21-10-9-14-6-3-4-7-15(14)13-21;/h3-8,11,16,22H,2,9-10,12-13H2,1H3,(H,19,20);1H. The SMILES string of the molecule is CCNC(=NCC(O)c1ccco1)N1CCc2ccccc2C1.I. The minimum atomic E-state index is -0.712. The number of aliphatic hydroxyl groups is 1. The van der Waals surface area contributed by atoms with E-state index in [0.29, 0.717) is 5.76 Å². The molecule has 0 saturated heterocycles. The van der Waals surface area contributed by atoms with Gasteiger partial charge < -0.3 is 19.7 Å². The normalized spacial score (nSPS) is 15.4. The molecule has 2 aromatic rings. The Morgan fingerprint density at radius 1 is 1.29 bits per heavy atom. The van der Waals surface area contributed by atoms with E-state index in [1.54, 1.807) is 18.4 Å². The minimum Gasteiger partial charge on any atom is -0.467 e. The summed E-state index contributed by atoms with van der Waals surface area (Å²) < 4.78 is 5.23. The number of benzene rings is 1. The first-order valence-electron chi connectivity index (χ1n) is 8.09. The molecule has 0 spiro atoms. The lowest BCUT2D eigenvalue weighted by Gasteiger charge is -2.31. The Labute approximate surface area is 159 Å². The molecule has 2 N–H and O–H groups in total. The van der Waals surface area contributed by atoms with Crippen molar-refractivity contribution >= 4 is 29.9 Å². The van der Waals surface area contributed by atoms with Crippen LogP contribution in [0.3, 0.4) is 0 Å². The maximum atomic E-state index is 10.1. The lowest BCUT2D eigenvalue weighted by molar-refractivity contribution is 0.158. The van der Waals surface area contributed by atoms with E-state index in [-0.39, 0.29) is 30.5 Å². The predicted molar refractivity (Wildman–Crippen MR) is 106 cm³/mol. The van der Waals surface area contributed by atoms with E-state index in [0.717, 1.165) is 32.0 Å². The van der Waals surface area contributed by atoms with Crippen LogP contribution in [0.1, 0.15) is 29.9 Å². The van der Waals surface area contributed by atoms with Crippen LogP contribution in [0.2, 0.25) is 0 Å². The second kappa shape index (κ2) is 9.08. The molecule has 1 aromatic heterocycles. The Balaban J connectivity index is 0.00000208. The first-order valence-corrected chi connectivity index (χ1v) is 8.09. The third kappa shape index (κ3) is 4.51. The fourth-order valence-corrected chi connectivity index (χ4v) is 2.85. The number of aliphatic imine (C=N–C) groups is 1. The van der Waals surface area contributed by atoms with Gasteiger partial charge in [-0.15, -0.1) is 24.0 Å². The molecule has 1 aromatic carbocycles. The number of rotatable bonds is 4. The number of furan rings is 1. The second-order valence-corrected chi connectivity index (χ2v) is 5.67. The van der Waals surface area contributed by atoms with Crippen molar-refractivity contribution in [3.63, 3.8) is 0 Å². The summed E-state index contributed by atoms with van der Waals surface area (Å²) in [5.41, 5.74) is 2.76. The number of aliphatic hydroxyl groups excluding tert-OH is 1. The lowest BCUT2D eigenvalue weighted by atomic mass is 10.0. The summed E-state index contributed by atoms with van der Waals surface area (Å²) in [4.78, 5) is 6.82. The molecule has 0 bridgehead atoms. The third-order valence-corrected chi connectivity index (χ3v) is 4.05. The van der Waals surface area contributed by atoms with E-state index in [9.17, 15) is 5.11 Å². The molecule has 130 valence electrons. The zero-order chi connectivity index (χ0) is 16.1. The van der Waals surface area contributed by atoms with Gasteiger partial charge in [0, 0.05) is 19.6 Å². The Hall–Kier alpha value is -1.54. The van der Waals surface area contributed by atoms with Crippen molar-refractivity contribution < 1.29 is 9.52 Å². The van der Waals surface area contributed by atoms with E-state index in [2.05, 4.69) is 46.4 Å². The summed E-state index contributed by atoms with van der Waals surface area (Å²) in [6.45, 7) is 4.91. The van der Waals surface area contributed by atoms with Gasteiger partial charge >= 0.3 is 0 Å². The van der Waals surface area contributed by atoms with Gasteiger partial charge in [-0.3, -0.25) is 0 Å². The van der Waals surface area contributed by atoms with Gasteiger partial charge in [-0.05, 0) is 36.6 Å². The van der Waals surface area contributed by atoms with Gasteiger partial charge in [0.1, 0.15) is 11.9 Å². The Bertz CT molecular complexity index is 658. The van der Waals surface area contributed by atoms with Crippen molar-refractivity contribution in [1.82, 2.24) is 10.2 Å². The van der Waals surface area contributed by atoms with Gasteiger partial charge in [0.05, 0.1) is 12.8 Å². The molecule has 6 heteroatoms. The lowest BCUT2D eigenvalue weighted by Crippen LogP contribution is -2.44. The summed E-state index contributed by atoms with van der Waals surface area (Å²) in [5.74, 6) is 1.39. The molecule has 1 atom stereocenters. The maximum absolute atomic E-state index is 10.1. The van der Waals surface area contributed by atoms with E-state index < -0.39 is 6.10 Å². The highest BCUT2D eigenvalue weighted by Gasteiger charge is 2.19. The fourth-order valence-electron chi connectivity index (χ4n) is 2.85. The molecule has 0 saturated carbocycles. The highest BCUT2D eigenvalue weighted by Crippen LogP contribution is 2.19. The molecular formula is C18H24IN3O2. The van der Waals surface area contributed by atoms with Crippen LogP contribution in [-0.4, -0.2) is 35.6 Å². The topological polar surface area (TPSA) is 61.0 Å². The monoisotopic (exact) mass is 441 g/mol. The highest BCUT2D eigenvalue weighted by atomic mass is 127. The summed E-state index contributed by atoms with van der Waals surface area (Å²) in [7, 11) is 0. The van der Waals surface area contributed by atoms with Gasteiger partial charge in [-0.2, -0.15) is 0 Å². The molecule has 24 heavy (non-hydrogen) atoms. The van der Waals surface area contributed by atoms with Crippen molar-refractivity contribution in [2.75, 3.05) is 19.6 Å². The third-order valence-electron chi connectivity index (χ3n) is 4.05. The predicted octanol–water partition coefficient (Wildman–Crippen LogP) is 2.95. The van der Waals surface area contributed by atoms with Crippen LogP contribution in [0.4, 0.5) is 0 Å². The van der Waals surface area contributed by atoms with Gasteiger partial charge in [0.2, 0.25) is 0 Å². The summed E-state index contributed by atoms with van der Waals surface area (Å²) >= 11 is 0. The molecule has 1 unspecified atom stereocenters. The van der Waals surface area contributed by atoms with Crippen molar-refractivity contribution in [2.45, 2.75) is 26.0 Å². The largest absolute Gasteiger partial charge is 0.467 e. The Morgan fingerprint density at radius 3 is 2.79 bits per heavy atom. The molecule has 1 aliphatic heterocycles. The number of guanidine groups is 1. The van der Waals surface area contributed by atoms with Crippen LogP contribution in [0.15, 0.2) is 52.1 Å². The van der Waals surface area contributed by atoms with E-state index in [1.807, 2.05) is 0 Å².